The van der Waals surface area contributed by atoms with Crippen molar-refractivity contribution in [2.45, 2.75) is 40.2 Å². The van der Waals surface area contributed by atoms with Gasteiger partial charge in [-0.1, -0.05) is 32.0 Å². The van der Waals surface area contributed by atoms with Gasteiger partial charge in [0.25, 0.3) is 0 Å². The van der Waals surface area contributed by atoms with Crippen molar-refractivity contribution in [1.82, 2.24) is 4.57 Å². The van der Waals surface area contributed by atoms with E-state index in [-0.39, 0.29) is 5.91 Å². The van der Waals surface area contributed by atoms with Crippen molar-refractivity contribution in [2.75, 3.05) is 11.9 Å². The number of fused-ring (bicyclic) bond motifs is 1. The molecule has 0 fully saturated rings. The predicted molar refractivity (Wildman–Crippen MR) is 107 cm³/mol. The Kier molecular flexibility index (Phi) is 5.61. The maximum Gasteiger partial charge on any atom is 0.244 e. The Labute approximate surface area is 154 Å². The van der Waals surface area contributed by atoms with Crippen molar-refractivity contribution in [2.24, 2.45) is 0 Å². The Hall–Kier alpha value is -2.75. The number of hydrogen-bond donors (Lipinski definition) is 1. The first-order chi connectivity index (χ1) is 12.7. The fourth-order valence-corrected chi connectivity index (χ4v) is 3.31. The van der Waals surface area contributed by atoms with Gasteiger partial charge in [0.1, 0.15) is 12.3 Å². The maximum absolute atomic E-state index is 12.7. The zero-order chi connectivity index (χ0) is 18.5. The molecule has 0 saturated heterocycles. The van der Waals surface area contributed by atoms with Crippen LogP contribution in [0.15, 0.2) is 48.7 Å². The second-order valence-corrected chi connectivity index (χ2v) is 6.30. The van der Waals surface area contributed by atoms with Gasteiger partial charge in [0, 0.05) is 22.8 Å². The number of nitrogens with one attached hydrogen (secondary N) is 1. The van der Waals surface area contributed by atoms with Gasteiger partial charge in [-0.05, 0) is 55.2 Å². The molecule has 0 aliphatic carbocycles. The van der Waals surface area contributed by atoms with Gasteiger partial charge >= 0.3 is 0 Å². The third-order valence-corrected chi connectivity index (χ3v) is 4.63. The molecule has 0 radical (unpaired) electrons. The topological polar surface area (TPSA) is 43.3 Å². The number of amides is 1. The van der Waals surface area contributed by atoms with Gasteiger partial charge in [-0.2, -0.15) is 0 Å². The number of rotatable bonds is 7. The van der Waals surface area contributed by atoms with Gasteiger partial charge < -0.3 is 14.6 Å². The lowest BCUT2D eigenvalue weighted by Crippen LogP contribution is -2.20. The first-order valence-corrected chi connectivity index (χ1v) is 9.28. The summed E-state index contributed by atoms with van der Waals surface area (Å²) in [6, 6.07) is 14.2. The minimum atomic E-state index is -0.00742. The van der Waals surface area contributed by atoms with Gasteiger partial charge in [-0.15, -0.1) is 0 Å². The molecule has 3 rings (SSSR count). The minimum absolute atomic E-state index is 0.00742. The number of nitrogens with zero attached hydrogens (tertiary/aromatic N) is 1. The smallest absolute Gasteiger partial charge is 0.244 e. The van der Waals surface area contributed by atoms with E-state index in [1.54, 1.807) is 0 Å². The summed E-state index contributed by atoms with van der Waals surface area (Å²) in [7, 11) is 0. The van der Waals surface area contributed by atoms with Crippen LogP contribution in [0.25, 0.3) is 10.9 Å². The Morgan fingerprint density at radius 3 is 2.42 bits per heavy atom. The van der Waals surface area contributed by atoms with E-state index in [0.29, 0.717) is 13.2 Å². The van der Waals surface area contributed by atoms with Gasteiger partial charge in [-0.25, -0.2) is 0 Å². The average Bonchev–Trinajstić information content (AvgIpc) is 3.04. The number of benzene rings is 2. The highest BCUT2D eigenvalue weighted by molar-refractivity contribution is 5.93. The molecule has 3 aromatic rings. The third-order valence-electron chi connectivity index (χ3n) is 4.63. The van der Waals surface area contributed by atoms with Crippen LogP contribution in [0.2, 0.25) is 0 Å². The fourth-order valence-electron chi connectivity index (χ4n) is 3.31. The number of ether oxygens (including phenoxy) is 1. The monoisotopic (exact) mass is 350 g/mol. The maximum atomic E-state index is 12.7. The number of hydrogen-bond acceptors (Lipinski definition) is 2. The second kappa shape index (κ2) is 8.09. The van der Waals surface area contributed by atoms with Crippen LogP contribution in [0.5, 0.6) is 5.75 Å². The Balaban J connectivity index is 1.80. The molecule has 1 amide bonds. The summed E-state index contributed by atoms with van der Waals surface area (Å²) < 4.78 is 7.52. The third kappa shape index (κ3) is 3.74. The van der Waals surface area contributed by atoms with Gasteiger partial charge in [0.2, 0.25) is 5.91 Å². The van der Waals surface area contributed by atoms with Crippen molar-refractivity contribution >= 4 is 22.5 Å². The van der Waals surface area contributed by atoms with E-state index < -0.39 is 0 Å². The summed E-state index contributed by atoms with van der Waals surface area (Å²) in [5.41, 5.74) is 4.36. The first kappa shape index (κ1) is 18.1. The summed E-state index contributed by atoms with van der Waals surface area (Å²) in [5.74, 6) is 0.846. The molecule has 2 aromatic carbocycles. The highest BCUT2D eigenvalue weighted by Crippen LogP contribution is 2.24. The molecule has 1 N–H and O–H groups in total. The van der Waals surface area contributed by atoms with Gasteiger partial charge in [-0.3, -0.25) is 4.79 Å². The van der Waals surface area contributed by atoms with Crippen LogP contribution < -0.4 is 10.1 Å². The summed E-state index contributed by atoms with van der Waals surface area (Å²) in [4.78, 5) is 12.7. The van der Waals surface area contributed by atoms with Crippen LogP contribution in [0, 0.1) is 0 Å². The molecule has 0 saturated carbocycles. The molecule has 4 heteroatoms. The molecule has 0 aliphatic rings. The van der Waals surface area contributed by atoms with Crippen molar-refractivity contribution in [3.05, 3.63) is 59.8 Å². The predicted octanol–water partition coefficient (Wildman–Crippen LogP) is 4.80. The molecule has 0 bridgehead atoms. The van der Waals surface area contributed by atoms with E-state index in [1.165, 1.54) is 11.1 Å². The SMILES string of the molecule is CCOc1ccc2c(ccn2CC(=O)Nc2c(CC)cccc2CC)c1. The van der Waals surface area contributed by atoms with E-state index in [1.807, 2.05) is 42.0 Å². The highest BCUT2D eigenvalue weighted by Gasteiger charge is 2.12. The molecular weight excluding hydrogens is 324 g/mol. The number of aromatic nitrogens is 1. The van der Waals surface area contributed by atoms with E-state index >= 15 is 0 Å². The number of anilines is 1. The van der Waals surface area contributed by atoms with E-state index in [2.05, 4.69) is 37.4 Å². The molecular formula is C22H26N2O2. The summed E-state index contributed by atoms with van der Waals surface area (Å²) in [6.07, 6.45) is 3.75. The van der Waals surface area contributed by atoms with Crippen molar-refractivity contribution in [1.29, 1.82) is 0 Å². The van der Waals surface area contributed by atoms with Crippen molar-refractivity contribution < 1.29 is 9.53 Å². The van der Waals surface area contributed by atoms with Gasteiger partial charge in [0.15, 0.2) is 0 Å². The van der Waals surface area contributed by atoms with Crippen LogP contribution in [-0.4, -0.2) is 17.1 Å². The summed E-state index contributed by atoms with van der Waals surface area (Å²) >= 11 is 0. The molecule has 1 heterocycles. The van der Waals surface area contributed by atoms with E-state index in [0.717, 1.165) is 35.2 Å². The first-order valence-electron chi connectivity index (χ1n) is 9.28. The Bertz CT molecular complexity index is 889. The molecule has 0 aliphatic heterocycles. The van der Waals surface area contributed by atoms with Crippen molar-refractivity contribution in [3.8, 4) is 5.75 Å². The zero-order valence-corrected chi connectivity index (χ0v) is 15.7. The zero-order valence-electron chi connectivity index (χ0n) is 15.7. The van der Waals surface area contributed by atoms with Crippen molar-refractivity contribution in [3.63, 3.8) is 0 Å². The molecule has 0 spiro atoms. The lowest BCUT2D eigenvalue weighted by molar-refractivity contribution is -0.116. The fraction of sp³-hybridized carbons (Fsp3) is 0.318. The number of carbonyl (C=O) groups is 1. The quantitative estimate of drug-likeness (QED) is 0.665. The average molecular weight is 350 g/mol. The Morgan fingerprint density at radius 2 is 1.77 bits per heavy atom. The lowest BCUT2D eigenvalue weighted by atomic mass is 10.0. The second-order valence-electron chi connectivity index (χ2n) is 6.30. The van der Waals surface area contributed by atoms with Crippen LogP contribution in [0.1, 0.15) is 31.9 Å². The molecule has 26 heavy (non-hydrogen) atoms. The lowest BCUT2D eigenvalue weighted by Gasteiger charge is -2.15. The summed E-state index contributed by atoms with van der Waals surface area (Å²) in [6.45, 7) is 7.13. The molecule has 0 unspecified atom stereocenters. The van der Waals surface area contributed by atoms with E-state index in [4.69, 9.17) is 4.74 Å². The minimum Gasteiger partial charge on any atom is -0.494 e. The number of aryl methyl sites for hydroxylation is 2. The van der Waals surface area contributed by atoms with Gasteiger partial charge in [0.05, 0.1) is 6.61 Å². The number of carbonyl (C=O) groups excluding carboxylic acids is 1. The van der Waals surface area contributed by atoms with Crippen LogP contribution in [-0.2, 0) is 24.2 Å². The number of para-hydroxylation sites is 1. The molecule has 1 aromatic heterocycles. The summed E-state index contributed by atoms with van der Waals surface area (Å²) in [5, 5.41) is 4.21. The molecule has 136 valence electrons. The van der Waals surface area contributed by atoms with E-state index in [9.17, 15) is 4.79 Å². The van der Waals surface area contributed by atoms with Crippen LogP contribution in [0.4, 0.5) is 5.69 Å². The largest absolute Gasteiger partial charge is 0.494 e. The van der Waals surface area contributed by atoms with Crippen LogP contribution in [0.3, 0.4) is 0 Å². The Morgan fingerprint density at radius 1 is 1.04 bits per heavy atom. The standard InChI is InChI=1S/C22H26N2O2/c1-4-16-8-7-9-17(5-2)22(16)23-21(25)15-24-13-12-18-14-19(26-6-3)10-11-20(18)24/h7-14H,4-6,15H2,1-3H3,(H,23,25). The molecule has 0 atom stereocenters. The van der Waals surface area contributed by atoms with Crippen LogP contribution >= 0.6 is 0 Å². The normalized spacial score (nSPS) is 10.9. The highest BCUT2D eigenvalue weighted by atomic mass is 16.5. The molecule has 4 nitrogen and oxygen atoms in total.